The van der Waals surface area contributed by atoms with E-state index >= 15 is 0 Å². The number of fused-ring (bicyclic) bond motifs is 1. The van der Waals surface area contributed by atoms with Crippen molar-refractivity contribution in [1.82, 2.24) is 20.2 Å². The SMILES string of the molecule is CCNc1nc(NCCOC(C)C)c2cn[nH]c2n1. The van der Waals surface area contributed by atoms with Crippen LogP contribution in [0.4, 0.5) is 11.8 Å². The largest absolute Gasteiger partial charge is 0.377 e. The minimum Gasteiger partial charge on any atom is -0.377 e. The highest BCUT2D eigenvalue weighted by atomic mass is 16.5. The normalized spacial score (nSPS) is 11.2. The molecule has 7 heteroatoms. The molecule has 0 aliphatic rings. The van der Waals surface area contributed by atoms with Crippen LogP contribution in [0, 0.1) is 0 Å². The molecule has 2 heterocycles. The van der Waals surface area contributed by atoms with Gasteiger partial charge in [0, 0.05) is 13.1 Å². The van der Waals surface area contributed by atoms with Gasteiger partial charge in [-0.1, -0.05) is 0 Å². The maximum Gasteiger partial charge on any atom is 0.226 e. The molecule has 7 nitrogen and oxygen atoms in total. The van der Waals surface area contributed by atoms with Crippen LogP contribution in [-0.2, 0) is 4.74 Å². The van der Waals surface area contributed by atoms with Crippen molar-refractivity contribution in [3.8, 4) is 0 Å². The smallest absolute Gasteiger partial charge is 0.226 e. The second-order valence-corrected chi connectivity index (χ2v) is 4.40. The standard InChI is InChI=1S/C12H20N6O/c1-4-13-12-16-10(14-5-6-19-8(2)3)9-7-15-18-11(9)17-12/h7-8H,4-6H2,1-3H3,(H3,13,14,15,16,17,18). The quantitative estimate of drug-likeness (QED) is 0.659. The molecule has 0 aliphatic carbocycles. The average molecular weight is 264 g/mol. The van der Waals surface area contributed by atoms with Gasteiger partial charge in [-0.3, -0.25) is 5.10 Å². The highest BCUT2D eigenvalue weighted by molar-refractivity contribution is 5.86. The van der Waals surface area contributed by atoms with Crippen molar-refractivity contribution < 1.29 is 4.74 Å². The predicted octanol–water partition coefficient (Wildman–Crippen LogP) is 1.62. The lowest BCUT2D eigenvalue weighted by molar-refractivity contribution is 0.0870. The molecule has 19 heavy (non-hydrogen) atoms. The molecule has 0 radical (unpaired) electrons. The van der Waals surface area contributed by atoms with Crippen LogP contribution in [0.1, 0.15) is 20.8 Å². The van der Waals surface area contributed by atoms with E-state index in [1.807, 2.05) is 20.8 Å². The van der Waals surface area contributed by atoms with Crippen LogP contribution in [0.5, 0.6) is 0 Å². The Morgan fingerprint density at radius 1 is 1.32 bits per heavy atom. The number of hydrogen-bond acceptors (Lipinski definition) is 6. The molecule has 2 aromatic rings. The Bertz CT molecular complexity index is 524. The fraction of sp³-hybridized carbons (Fsp3) is 0.583. The number of aromatic nitrogens is 4. The summed E-state index contributed by atoms with van der Waals surface area (Å²) in [5.41, 5.74) is 0.721. The number of H-pyrrole nitrogens is 1. The van der Waals surface area contributed by atoms with Crippen molar-refractivity contribution >= 4 is 22.8 Å². The van der Waals surface area contributed by atoms with Crippen molar-refractivity contribution in [3.63, 3.8) is 0 Å². The molecule has 0 aromatic carbocycles. The van der Waals surface area contributed by atoms with Crippen LogP contribution >= 0.6 is 0 Å². The summed E-state index contributed by atoms with van der Waals surface area (Å²) in [5.74, 6) is 1.36. The second kappa shape index (κ2) is 6.33. The van der Waals surface area contributed by atoms with Gasteiger partial charge in [-0.05, 0) is 20.8 Å². The average Bonchev–Trinajstić information content (AvgIpc) is 2.83. The highest BCUT2D eigenvalue weighted by Crippen LogP contribution is 2.19. The van der Waals surface area contributed by atoms with Crippen LogP contribution in [-0.4, -0.2) is 46.0 Å². The molecular formula is C12H20N6O. The minimum atomic E-state index is 0.235. The van der Waals surface area contributed by atoms with E-state index in [0.29, 0.717) is 19.1 Å². The molecule has 0 fully saturated rings. The van der Waals surface area contributed by atoms with E-state index < -0.39 is 0 Å². The molecule has 104 valence electrons. The van der Waals surface area contributed by atoms with Gasteiger partial charge < -0.3 is 15.4 Å². The molecular weight excluding hydrogens is 244 g/mol. The van der Waals surface area contributed by atoms with E-state index in [0.717, 1.165) is 23.4 Å². The summed E-state index contributed by atoms with van der Waals surface area (Å²) in [5, 5.41) is 14.1. The van der Waals surface area contributed by atoms with Gasteiger partial charge in [-0.25, -0.2) is 0 Å². The number of nitrogens with zero attached hydrogens (tertiary/aromatic N) is 3. The Labute approximate surface area is 112 Å². The summed E-state index contributed by atoms with van der Waals surface area (Å²) in [4.78, 5) is 8.76. The zero-order valence-corrected chi connectivity index (χ0v) is 11.5. The van der Waals surface area contributed by atoms with Gasteiger partial charge in [-0.2, -0.15) is 15.1 Å². The Morgan fingerprint density at radius 2 is 2.16 bits per heavy atom. The Kier molecular flexibility index (Phi) is 4.51. The molecule has 3 N–H and O–H groups in total. The Morgan fingerprint density at radius 3 is 2.89 bits per heavy atom. The van der Waals surface area contributed by atoms with Crippen LogP contribution < -0.4 is 10.6 Å². The zero-order valence-electron chi connectivity index (χ0n) is 11.5. The predicted molar refractivity (Wildman–Crippen MR) is 75.4 cm³/mol. The number of ether oxygens (including phenoxy) is 1. The molecule has 0 unspecified atom stereocenters. The lowest BCUT2D eigenvalue weighted by Crippen LogP contribution is -2.14. The van der Waals surface area contributed by atoms with Crippen molar-refractivity contribution in [1.29, 1.82) is 0 Å². The van der Waals surface area contributed by atoms with Gasteiger partial charge >= 0.3 is 0 Å². The highest BCUT2D eigenvalue weighted by Gasteiger charge is 2.08. The molecule has 0 atom stereocenters. The molecule has 0 amide bonds. The monoisotopic (exact) mass is 264 g/mol. The minimum absolute atomic E-state index is 0.235. The van der Waals surface area contributed by atoms with Gasteiger partial charge in [0.1, 0.15) is 5.82 Å². The van der Waals surface area contributed by atoms with Crippen LogP contribution in [0.25, 0.3) is 11.0 Å². The van der Waals surface area contributed by atoms with E-state index in [4.69, 9.17) is 4.74 Å². The molecule has 0 aliphatic heterocycles. The molecule has 0 saturated carbocycles. The first-order valence-corrected chi connectivity index (χ1v) is 6.51. The fourth-order valence-electron chi connectivity index (χ4n) is 1.67. The third-order valence-electron chi connectivity index (χ3n) is 2.49. The summed E-state index contributed by atoms with van der Waals surface area (Å²) in [6.45, 7) is 8.14. The first kappa shape index (κ1) is 13.5. The number of nitrogens with one attached hydrogen (secondary N) is 3. The van der Waals surface area contributed by atoms with Gasteiger partial charge in [0.25, 0.3) is 0 Å². The maximum absolute atomic E-state index is 5.49. The van der Waals surface area contributed by atoms with Crippen molar-refractivity contribution in [2.45, 2.75) is 26.9 Å². The number of aromatic amines is 1. The Hall–Kier alpha value is -1.89. The first-order valence-electron chi connectivity index (χ1n) is 6.51. The van der Waals surface area contributed by atoms with E-state index in [-0.39, 0.29) is 6.10 Å². The van der Waals surface area contributed by atoms with E-state index in [1.165, 1.54) is 0 Å². The molecule has 0 bridgehead atoms. The summed E-state index contributed by atoms with van der Waals surface area (Å²) >= 11 is 0. The third-order valence-corrected chi connectivity index (χ3v) is 2.49. The van der Waals surface area contributed by atoms with E-state index in [1.54, 1.807) is 6.20 Å². The maximum atomic E-state index is 5.49. The van der Waals surface area contributed by atoms with Gasteiger partial charge in [-0.15, -0.1) is 0 Å². The molecule has 2 rings (SSSR count). The number of rotatable bonds is 7. The van der Waals surface area contributed by atoms with Crippen LogP contribution in [0.3, 0.4) is 0 Å². The van der Waals surface area contributed by atoms with Crippen molar-refractivity contribution in [2.24, 2.45) is 0 Å². The van der Waals surface area contributed by atoms with E-state index in [9.17, 15) is 0 Å². The number of hydrogen-bond donors (Lipinski definition) is 3. The molecule has 0 spiro atoms. The van der Waals surface area contributed by atoms with Gasteiger partial charge in [0.2, 0.25) is 5.95 Å². The van der Waals surface area contributed by atoms with Crippen molar-refractivity contribution in [3.05, 3.63) is 6.20 Å². The fourth-order valence-corrected chi connectivity index (χ4v) is 1.67. The van der Waals surface area contributed by atoms with Gasteiger partial charge in [0.05, 0.1) is 24.3 Å². The van der Waals surface area contributed by atoms with E-state index in [2.05, 4.69) is 30.8 Å². The third kappa shape index (κ3) is 3.54. The molecule has 0 saturated heterocycles. The van der Waals surface area contributed by atoms with Crippen LogP contribution in [0.15, 0.2) is 6.20 Å². The summed E-state index contributed by atoms with van der Waals surface area (Å²) in [6.07, 6.45) is 1.95. The zero-order chi connectivity index (χ0) is 13.7. The summed E-state index contributed by atoms with van der Waals surface area (Å²) in [6, 6.07) is 0. The Balaban J connectivity index is 2.09. The lowest BCUT2D eigenvalue weighted by Gasteiger charge is -2.10. The summed E-state index contributed by atoms with van der Waals surface area (Å²) < 4.78 is 5.49. The molecule has 2 aromatic heterocycles. The second-order valence-electron chi connectivity index (χ2n) is 4.40. The number of anilines is 2. The van der Waals surface area contributed by atoms with Gasteiger partial charge in [0.15, 0.2) is 5.65 Å². The van der Waals surface area contributed by atoms with Crippen LogP contribution in [0.2, 0.25) is 0 Å². The lowest BCUT2D eigenvalue weighted by atomic mass is 10.4. The summed E-state index contributed by atoms with van der Waals surface area (Å²) in [7, 11) is 0. The topological polar surface area (TPSA) is 87.8 Å². The first-order chi connectivity index (χ1) is 9.20. The van der Waals surface area contributed by atoms with Crippen molar-refractivity contribution in [2.75, 3.05) is 30.3 Å².